The molecule has 0 aliphatic carbocycles. The maximum absolute atomic E-state index is 13.6. The van der Waals surface area contributed by atoms with Crippen LogP contribution in [0.1, 0.15) is 16.7 Å². The van der Waals surface area contributed by atoms with Gasteiger partial charge in [0.05, 0.1) is 27.9 Å². The van der Waals surface area contributed by atoms with E-state index in [1.165, 1.54) is 17.4 Å². The number of aryl methyl sites for hydroxylation is 1. The summed E-state index contributed by atoms with van der Waals surface area (Å²) in [7, 11) is 0. The Balaban J connectivity index is 1.87. The summed E-state index contributed by atoms with van der Waals surface area (Å²) in [6.45, 7) is 2.25. The van der Waals surface area contributed by atoms with Gasteiger partial charge in [0.1, 0.15) is 5.65 Å². The molecule has 0 aliphatic heterocycles. The molecule has 3 nitrogen and oxygen atoms in total. The molecule has 0 spiro atoms. The second kappa shape index (κ2) is 7.97. The Bertz CT molecular complexity index is 1630. The molecule has 0 radical (unpaired) electrons. The molecule has 5 rings (SSSR count). The van der Waals surface area contributed by atoms with Crippen LogP contribution in [0.2, 0.25) is 0 Å². The average Bonchev–Trinajstić information content (AvgIpc) is 3.14. The molecule has 0 N–H and O–H groups in total. The number of benzene rings is 3. The molecule has 0 saturated heterocycles. The van der Waals surface area contributed by atoms with E-state index in [-0.39, 0.29) is 12.1 Å². The van der Waals surface area contributed by atoms with Gasteiger partial charge in [-0.3, -0.25) is 13.8 Å². The van der Waals surface area contributed by atoms with Gasteiger partial charge in [-0.1, -0.05) is 54.1 Å². The lowest BCUT2D eigenvalue weighted by Gasteiger charge is -2.14. The van der Waals surface area contributed by atoms with Gasteiger partial charge in [-0.15, -0.1) is 11.3 Å². The Labute approximate surface area is 196 Å². The van der Waals surface area contributed by atoms with Crippen LogP contribution < -0.4 is 5.56 Å². The topological polar surface area (TPSA) is 26.4 Å². The Morgan fingerprint density at radius 2 is 1.70 bits per heavy atom. The third-order valence-corrected chi connectivity index (χ3v) is 6.99. The highest BCUT2D eigenvalue weighted by Gasteiger charge is 2.31. The van der Waals surface area contributed by atoms with Crippen molar-refractivity contribution in [1.29, 1.82) is 0 Å². The van der Waals surface area contributed by atoms with E-state index in [0.29, 0.717) is 30.9 Å². The summed E-state index contributed by atoms with van der Waals surface area (Å²) in [5.74, 6) is 0. The Kier molecular flexibility index (Phi) is 5.22. The molecule has 3 aromatic carbocycles. The van der Waals surface area contributed by atoms with E-state index in [1.54, 1.807) is 33.2 Å². The van der Waals surface area contributed by atoms with Gasteiger partial charge in [0.2, 0.25) is 0 Å². The summed E-state index contributed by atoms with van der Waals surface area (Å²) in [6.07, 6.45) is -4.47. The molecule has 166 valence electrons. The first-order valence-corrected chi connectivity index (χ1v) is 11.4. The molecular weight excluding hydrogens is 465 g/mol. The molecule has 8 heteroatoms. The van der Waals surface area contributed by atoms with E-state index < -0.39 is 11.7 Å². The predicted octanol–water partition coefficient (Wildman–Crippen LogP) is 7.09. The van der Waals surface area contributed by atoms with Crippen molar-refractivity contribution in [2.75, 3.05) is 0 Å². The summed E-state index contributed by atoms with van der Waals surface area (Å²) in [5.41, 5.74) is 2.54. The minimum absolute atomic E-state index is 0.216. The molecule has 0 unspecified atom stereocenters. The lowest BCUT2D eigenvalue weighted by atomic mass is 10.1. The number of thiazole rings is 1. The highest BCUT2D eigenvalue weighted by molar-refractivity contribution is 7.73. The van der Waals surface area contributed by atoms with Crippen LogP contribution in [-0.4, -0.2) is 8.97 Å². The smallest absolute Gasteiger partial charge is 0.288 e. The quantitative estimate of drug-likeness (QED) is 0.257. The highest BCUT2D eigenvalue weighted by Crippen LogP contribution is 2.37. The summed E-state index contributed by atoms with van der Waals surface area (Å²) >= 11 is 6.84. The lowest BCUT2D eigenvalue weighted by Crippen LogP contribution is -2.23. The van der Waals surface area contributed by atoms with Crippen LogP contribution >= 0.6 is 23.6 Å². The van der Waals surface area contributed by atoms with Gasteiger partial charge in [0.15, 0.2) is 3.95 Å². The van der Waals surface area contributed by atoms with Crippen molar-refractivity contribution in [3.05, 3.63) is 104 Å². The van der Waals surface area contributed by atoms with Gasteiger partial charge in [-0.2, -0.15) is 13.2 Å². The Morgan fingerprint density at radius 3 is 2.42 bits per heavy atom. The maximum Gasteiger partial charge on any atom is 0.416 e. The summed E-state index contributed by atoms with van der Waals surface area (Å²) in [5, 5.41) is 0.501. The van der Waals surface area contributed by atoms with Crippen LogP contribution in [0.25, 0.3) is 27.0 Å². The monoisotopic (exact) mass is 482 g/mol. The largest absolute Gasteiger partial charge is 0.416 e. The minimum Gasteiger partial charge on any atom is -0.288 e. The van der Waals surface area contributed by atoms with Gasteiger partial charge < -0.3 is 0 Å². The molecular formula is C25H17F3N2OS2. The van der Waals surface area contributed by atoms with Gasteiger partial charge in [-0.25, -0.2) is 0 Å². The number of hydrogen-bond acceptors (Lipinski definition) is 3. The second-order valence-electron chi connectivity index (χ2n) is 7.83. The normalized spacial score (nSPS) is 12.0. The van der Waals surface area contributed by atoms with Crippen LogP contribution in [0, 0.1) is 10.9 Å². The van der Waals surface area contributed by atoms with Gasteiger partial charge in [-0.05, 0) is 54.5 Å². The lowest BCUT2D eigenvalue weighted by molar-refractivity contribution is -0.137. The highest BCUT2D eigenvalue weighted by atomic mass is 32.1. The molecule has 0 saturated carbocycles. The number of rotatable bonds is 3. The average molecular weight is 483 g/mol. The van der Waals surface area contributed by atoms with E-state index in [9.17, 15) is 18.0 Å². The van der Waals surface area contributed by atoms with Crippen LogP contribution in [0.15, 0.2) is 77.6 Å². The van der Waals surface area contributed by atoms with E-state index in [1.807, 2.05) is 37.3 Å². The summed E-state index contributed by atoms with van der Waals surface area (Å²) < 4.78 is 44.1. The Hall–Kier alpha value is -3.23. The third kappa shape index (κ3) is 3.79. The number of aromatic nitrogens is 2. The van der Waals surface area contributed by atoms with Crippen LogP contribution in [0.4, 0.5) is 13.2 Å². The summed E-state index contributed by atoms with van der Waals surface area (Å²) in [6, 6.07) is 20.1. The third-order valence-electron chi connectivity index (χ3n) is 5.58. The van der Waals surface area contributed by atoms with Crippen molar-refractivity contribution in [2.24, 2.45) is 0 Å². The zero-order valence-electron chi connectivity index (χ0n) is 17.4. The number of hydrogen-bond donors (Lipinski definition) is 0. The molecule has 33 heavy (non-hydrogen) atoms. The zero-order valence-corrected chi connectivity index (χ0v) is 19.0. The number of alkyl halides is 3. The molecule has 0 amide bonds. The first-order valence-electron chi connectivity index (χ1n) is 10.1. The Morgan fingerprint density at radius 1 is 0.970 bits per heavy atom. The zero-order chi connectivity index (χ0) is 23.3. The van der Waals surface area contributed by atoms with Crippen molar-refractivity contribution >= 4 is 40.1 Å². The first kappa shape index (κ1) is 21.6. The van der Waals surface area contributed by atoms with Crippen molar-refractivity contribution in [3.63, 3.8) is 0 Å². The van der Waals surface area contributed by atoms with Gasteiger partial charge in [0.25, 0.3) is 5.56 Å². The number of halogens is 3. The predicted molar refractivity (Wildman–Crippen MR) is 129 cm³/mol. The fourth-order valence-electron chi connectivity index (χ4n) is 3.96. The number of nitrogens with zero attached hydrogens (tertiary/aromatic N) is 2. The molecule has 2 aromatic heterocycles. The van der Waals surface area contributed by atoms with Gasteiger partial charge >= 0.3 is 6.18 Å². The van der Waals surface area contributed by atoms with E-state index in [4.69, 9.17) is 12.2 Å². The first-order chi connectivity index (χ1) is 15.7. The van der Waals surface area contributed by atoms with Crippen molar-refractivity contribution in [3.8, 4) is 10.4 Å². The molecule has 0 bridgehead atoms. The molecule has 0 fully saturated rings. The summed E-state index contributed by atoms with van der Waals surface area (Å²) in [4.78, 5) is 14.1. The van der Waals surface area contributed by atoms with Gasteiger partial charge in [0, 0.05) is 0 Å². The van der Waals surface area contributed by atoms with Crippen molar-refractivity contribution in [2.45, 2.75) is 19.6 Å². The molecule has 5 aromatic rings. The number of fused-ring (bicyclic) bond motifs is 3. The molecule has 0 aliphatic rings. The van der Waals surface area contributed by atoms with Crippen LogP contribution in [0.5, 0.6) is 0 Å². The SMILES string of the molecule is Cc1ccc(Cn2c(=O)c3ccccc3n3c(=S)sc(-c4cccc(C(F)(F)F)c4)c23)cc1. The number of para-hydroxylation sites is 1. The van der Waals surface area contributed by atoms with Crippen LogP contribution in [0.3, 0.4) is 0 Å². The minimum atomic E-state index is -4.47. The van der Waals surface area contributed by atoms with E-state index in [2.05, 4.69) is 0 Å². The van der Waals surface area contributed by atoms with Crippen molar-refractivity contribution in [1.82, 2.24) is 8.97 Å². The maximum atomic E-state index is 13.6. The van der Waals surface area contributed by atoms with E-state index in [0.717, 1.165) is 23.3 Å². The standard InChI is InChI=1S/C25H17F3N2OS2/c1-15-9-11-16(12-10-15)14-29-22-21(17-5-4-6-18(13-17)25(26,27)28)33-24(32)30(22)20-8-3-2-7-19(20)23(29)31/h2-13H,14H2,1H3. The fourth-order valence-corrected chi connectivity index (χ4v) is 5.38. The van der Waals surface area contributed by atoms with E-state index >= 15 is 0 Å². The molecule has 0 atom stereocenters. The van der Waals surface area contributed by atoms with Crippen molar-refractivity contribution < 1.29 is 13.2 Å². The van der Waals surface area contributed by atoms with Crippen LogP contribution in [-0.2, 0) is 12.7 Å². The second-order valence-corrected chi connectivity index (χ2v) is 9.47. The fraction of sp³-hybridized carbons (Fsp3) is 0.120. The molecule has 2 heterocycles.